The third-order valence-corrected chi connectivity index (χ3v) is 3.29. The van der Waals surface area contributed by atoms with Crippen LogP contribution < -0.4 is 5.32 Å². The minimum Gasteiger partial charge on any atom is -0.317 e. The van der Waals surface area contributed by atoms with E-state index in [4.69, 9.17) is 11.6 Å². The Morgan fingerprint density at radius 3 is 2.75 bits per heavy atom. The van der Waals surface area contributed by atoms with Gasteiger partial charge in [0.1, 0.15) is 0 Å². The van der Waals surface area contributed by atoms with E-state index in [1.807, 2.05) is 11.7 Å². The Bertz CT molecular complexity index is 309. The molecule has 1 aromatic heterocycles. The lowest BCUT2D eigenvalue weighted by molar-refractivity contribution is 0.473. The lowest BCUT2D eigenvalue weighted by Gasteiger charge is -2.15. The molecule has 1 aromatic rings. The summed E-state index contributed by atoms with van der Waals surface area (Å²) in [6, 6.07) is 0.585. The average molecular weight is 244 g/mol. The highest BCUT2D eigenvalue weighted by molar-refractivity contribution is 6.31. The van der Waals surface area contributed by atoms with Crippen molar-refractivity contribution in [1.29, 1.82) is 0 Å². The van der Waals surface area contributed by atoms with Crippen molar-refractivity contribution in [3.8, 4) is 0 Å². The molecule has 1 atom stereocenters. The summed E-state index contributed by atoms with van der Waals surface area (Å²) in [6.07, 6.45) is 6.29. The molecule has 0 bridgehead atoms. The molecule has 0 spiro atoms. The zero-order chi connectivity index (χ0) is 12.0. The van der Waals surface area contributed by atoms with Crippen molar-refractivity contribution in [2.24, 2.45) is 0 Å². The Kier molecular flexibility index (Phi) is 5.85. The molecule has 1 N–H and O–H groups in total. The van der Waals surface area contributed by atoms with Crippen LogP contribution in [0.2, 0.25) is 5.02 Å². The number of hydrogen-bond acceptors (Lipinski definition) is 2. The molecule has 0 fully saturated rings. The van der Waals surface area contributed by atoms with Gasteiger partial charge in [-0.1, -0.05) is 24.9 Å². The number of nitrogens with zero attached hydrogens (tertiary/aromatic N) is 2. The molecule has 0 radical (unpaired) electrons. The molecule has 1 rings (SSSR count). The molecule has 0 aliphatic heterocycles. The van der Waals surface area contributed by atoms with E-state index in [-0.39, 0.29) is 0 Å². The third kappa shape index (κ3) is 3.49. The van der Waals surface area contributed by atoms with Crippen LogP contribution in [-0.2, 0) is 13.0 Å². The molecule has 0 aliphatic carbocycles. The van der Waals surface area contributed by atoms with Gasteiger partial charge in [-0.05, 0) is 33.2 Å². The quantitative estimate of drug-likeness (QED) is 0.798. The molecular weight excluding hydrogens is 222 g/mol. The summed E-state index contributed by atoms with van der Waals surface area (Å²) in [7, 11) is 2.03. The van der Waals surface area contributed by atoms with Gasteiger partial charge in [0, 0.05) is 12.6 Å². The van der Waals surface area contributed by atoms with Crippen LogP contribution in [-0.4, -0.2) is 22.9 Å². The fourth-order valence-corrected chi connectivity index (χ4v) is 2.24. The molecule has 0 aliphatic rings. The summed E-state index contributed by atoms with van der Waals surface area (Å²) in [4.78, 5) is 0. The van der Waals surface area contributed by atoms with Crippen molar-refractivity contribution in [3.05, 3.63) is 16.9 Å². The summed E-state index contributed by atoms with van der Waals surface area (Å²) >= 11 is 6.12. The highest BCUT2D eigenvalue weighted by Crippen LogP contribution is 2.18. The zero-order valence-electron chi connectivity index (χ0n) is 10.5. The average Bonchev–Trinajstić information content (AvgIpc) is 2.65. The molecule has 0 saturated heterocycles. The Hall–Kier alpha value is -0.540. The Morgan fingerprint density at radius 2 is 2.19 bits per heavy atom. The van der Waals surface area contributed by atoms with Crippen molar-refractivity contribution in [1.82, 2.24) is 15.1 Å². The minimum absolute atomic E-state index is 0.585. The number of halogens is 1. The molecule has 92 valence electrons. The van der Waals surface area contributed by atoms with Crippen LogP contribution in [0.5, 0.6) is 0 Å². The van der Waals surface area contributed by atoms with Crippen LogP contribution in [0.3, 0.4) is 0 Å². The predicted octanol–water partition coefficient (Wildman–Crippen LogP) is 2.88. The number of hydrogen-bond donors (Lipinski definition) is 1. The van der Waals surface area contributed by atoms with Crippen LogP contribution >= 0.6 is 11.6 Å². The molecule has 16 heavy (non-hydrogen) atoms. The van der Waals surface area contributed by atoms with Crippen molar-refractivity contribution < 1.29 is 0 Å². The summed E-state index contributed by atoms with van der Waals surface area (Å²) in [6.45, 7) is 5.20. The van der Waals surface area contributed by atoms with Crippen molar-refractivity contribution in [2.45, 2.75) is 52.1 Å². The van der Waals surface area contributed by atoms with Gasteiger partial charge in [0.25, 0.3) is 0 Å². The standard InChI is InChI=1S/C12H22ClN3/c1-4-6-10(14-3)7-8-12-11(13)9-15-16(12)5-2/h9-10,14H,4-8H2,1-3H3. The minimum atomic E-state index is 0.585. The highest BCUT2D eigenvalue weighted by atomic mass is 35.5. The number of aromatic nitrogens is 2. The van der Waals surface area contributed by atoms with E-state index in [1.54, 1.807) is 6.20 Å². The predicted molar refractivity (Wildman–Crippen MR) is 69.0 cm³/mol. The largest absolute Gasteiger partial charge is 0.317 e. The SMILES string of the molecule is CCCC(CCc1c(Cl)cnn1CC)NC. The van der Waals surface area contributed by atoms with Gasteiger partial charge in [0.2, 0.25) is 0 Å². The topological polar surface area (TPSA) is 29.9 Å². The summed E-state index contributed by atoms with van der Waals surface area (Å²) in [5, 5.41) is 8.40. The van der Waals surface area contributed by atoms with E-state index in [0.717, 1.165) is 24.4 Å². The molecule has 3 nitrogen and oxygen atoms in total. The van der Waals surface area contributed by atoms with Gasteiger partial charge in [0.15, 0.2) is 0 Å². The van der Waals surface area contributed by atoms with Crippen LogP contribution in [0.1, 0.15) is 38.8 Å². The van der Waals surface area contributed by atoms with Gasteiger partial charge in [-0.25, -0.2) is 0 Å². The van der Waals surface area contributed by atoms with Gasteiger partial charge in [-0.2, -0.15) is 5.10 Å². The molecule has 1 heterocycles. The van der Waals surface area contributed by atoms with E-state index in [0.29, 0.717) is 6.04 Å². The zero-order valence-corrected chi connectivity index (χ0v) is 11.2. The Morgan fingerprint density at radius 1 is 1.44 bits per heavy atom. The molecule has 1 unspecified atom stereocenters. The Balaban J connectivity index is 2.55. The van der Waals surface area contributed by atoms with E-state index in [1.165, 1.54) is 18.5 Å². The molecule has 0 amide bonds. The van der Waals surface area contributed by atoms with E-state index >= 15 is 0 Å². The summed E-state index contributed by atoms with van der Waals surface area (Å²) < 4.78 is 1.99. The second-order valence-electron chi connectivity index (χ2n) is 4.07. The molecular formula is C12H22ClN3. The molecule has 0 aromatic carbocycles. The van der Waals surface area contributed by atoms with Gasteiger partial charge >= 0.3 is 0 Å². The monoisotopic (exact) mass is 243 g/mol. The lowest BCUT2D eigenvalue weighted by Crippen LogP contribution is -2.25. The maximum Gasteiger partial charge on any atom is 0.0817 e. The highest BCUT2D eigenvalue weighted by Gasteiger charge is 2.11. The normalized spacial score (nSPS) is 13.0. The van der Waals surface area contributed by atoms with Gasteiger partial charge in [0.05, 0.1) is 16.9 Å². The van der Waals surface area contributed by atoms with Gasteiger partial charge in [-0.15, -0.1) is 0 Å². The van der Waals surface area contributed by atoms with E-state index in [2.05, 4.69) is 24.3 Å². The fraction of sp³-hybridized carbons (Fsp3) is 0.750. The number of aryl methyl sites for hydroxylation is 1. The maximum atomic E-state index is 6.12. The summed E-state index contributed by atoms with van der Waals surface area (Å²) in [5.41, 5.74) is 1.17. The van der Waals surface area contributed by atoms with Crippen LogP contribution in [0, 0.1) is 0 Å². The first-order chi connectivity index (χ1) is 7.72. The third-order valence-electron chi connectivity index (χ3n) is 2.97. The molecule has 4 heteroatoms. The first kappa shape index (κ1) is 13.5. The van der Waals surface area contributed by atoms with Gasteiger partial charge < -0.3 is 5.32 Å². The first-order valence-corrected chi connectivity index (χ1v) is 6.48. The van der Waals surface area contributed by atoms with Crippen LogP contribution in [0.15, 0.2) is 6.20 Å². The van der Waals surface area contributed by atoms with E-state index < -0.39 is 0 Å². The smallest absolute Gasteiger partial charge is 0.0817 e. The second kappa shape index (κ2) is 6.92. The van der Waals surface area contributed by atoms with Crippen LogP contribution in [0.4, 0.5) is 0 Å². The van der Waals surface area contributed by atoms with E-state index in [9.17, 15) is 0 Å². The lowest BCUT2D eigenvalue weighted by atomic mass is 10.1. The van der Waals surface area contributed by atoms with Crippen molar-refractivity contribution >= 4 is 11.6 Å². The summed E-state index contributed by atoms with van der Waals surface area (Å²) in [5.74, 6) is 0. The van der Waals surface area contributed by atoms with Gasteiger partial charge in [-0.3, -0.25) is 4.68 Å². The first-order valence-electron chi connectivity index (χ1n) is 6.10. The molecule has 0 saturated carbocycles. The van der Waals surface area contributed by atoms with Crippen molar-refractivity contribution in [2.75, 3.05) is 7.05 Å². The number of rotatable bonds is 7. The van der Waals surface area contributed by atoms with Crippen LogP contribution in [0.25, 0.3) is 0 Å². The number of nitrogens with one attached hydrogen (secondary N) is 1. The maximum absolute atomic E-state index is 6.12. The second-order valence-corrected chi connectivity index (χ2v) is 4.48. The Labute approximate surface area is 103 Å². The fourth-order valence-electron chi connectivity index (χ4n) is 2.00. The van der Waals surface area contributed by atoms with Crippen molar-refractivity contribution in [3.63, 3.8) is 0 Å².